The number of aromatic nitrogens is 1. The largest absolute Gasteiger partial charge is 0.384 e. The fourth-order valence-corrected chi connectivity index (χ4v) is 3.39. The lowest BCUT2D eigenvalue weighted by atomic mass is 9.85. The first-order chi connectivity index (χ1) is 8.65. The highest BCUT2D eigenvalue weighted by Crippen LogP contribution is 2.36. The highest BCUT2D eigenvalue weighted by Gasteiger charge is 2.30. The normalized spacial score (nSPS) is 22.6. The van der Waals surface area contributed by atoms with Crippen molar-refractivity contribution >= 4 is 5.69 Å². The molecule has 0 amide bonds. The van der Waals surface area contributed by atoms with Crippen LogP contribution >= 0.6 is 0 Å². The molecule has 0 aromatic carbocycles. The number of fused-ring (bicyclic) bond motifs is 1. The summed E-state index contributed by atoms with van der Waals surface area (Å²) in [5.41, 5.74) is 4.23. The van der Waals surface area contributed by atoms with Crippen LogP contribution in [0.3, 0.4) is 0 Å². The zero-order chi connectivity index (χ0) is 12.6. The van der Waals surface area contributed by atoms with Crippen LogP contribution in [0, 0.1) is 5.92 Å². The Morgan fingerprint density at radius 2 is 2.06 bits per heavy atom. The van der Waals surface area contributed by atoms with Gasteiger partial charge in [0.1, 0.15) is 0 Å². The van der Waals surface area contributed by atoms with Gasteiger partial charge >= 0.3 is 0 Å². The van der Waals surface area contributed by atoms with Crippen molar-refractivity contribution in [2.24, 2.45) is 5.92 Å². The summed E-state index contributed by atoms with van der Waals surface area (Å²) in [6.07, 6.45) is 10.4. The van der Waals surface area contributed by atoms with Crippen LogP contribution in [0.15, 0.2) is 12.3 Å². The number of nitrogens with one attached hydrogen (secondary N) is 1. The SMILES string of the molecule is CC1(C)CNc2cc(CC3CCCCC3)ncc21. The number of rotatable bonds is 2. The van der Waals surface area contributed by atoms with Gasteiger partial charge in [-0.25, -0.2) is 0 Å². The van der Waals surface area contributed by atoms with Crippen molar-refractivity contribution in [2.45, 2.75) is 57.8 Å². The number of hydrogen-bond acceptors (Lipinski definition) is 2. The van der Waals surface area contributed by atoms with Crippen molar-refractivity contribution in [1.29, 1.82) is 0 Å². The summed E-state index contributed by atoms with van der Waals surface area (Å²) in [7, 11) is 0. The second kappa shape index (κ2) is 4.56. The number of hydrogen-bond donors (Lipinski definition) is 1. The molecule has 1 saturated carbocycles. The summed E-state index contributed by atoms with van der Waals surface area (Å²) in [4.78, 5) is 4.70. The molecule has 1 fully saturated rings. The average Bonchev–Trinajstić information content (AvgIpc) is 2.66. The Balaban J connectivity index is 1.75. The average molecular weight is 244 g/mol. The van der Waals surface area contributed by atoms with E-state index in [1.807, 2.05) is 0 Å². The van der Waals surface area contributed by atoms with Crippen LogP contribution in [0.4, 0.5) is 5.69 Å². The van der Waals surface area contributed by atoms with Crippen LogP contribution in [0.1, 0.15) is 57.2 Å². The maximum absolute atomic E-state index is 4.70. The number of nitrogens with zero attached hydrogens (tertiary/aromatic N) is 1. The Kier molecular flexibility index (Phi) is 3.04. The predicted molar refractivity (Wildman–Crippen MR) is 76.0 cm³/mol. The third-order valence-electron chi connectivity index (χ3n) is 4.63. The molecule has 98 valence electrons. The molecule has 2 nitrogen and oxygen atoms in total. The Morgan fingerprint density at radius 1 is 1.28 bits per heavy atom. The summed E-state index contributed by atoms with van der Waals surface area (Å²) in [6.45, 7) is 5.61. The van der Waals surface area contributed by atoms with Crippen LogP contribution in [0.2, 0.25) is 0 Å². The van der Waals surface area contributed by atoms with Gasteiger partial charge in [-0.3, -0.25) is 4.98 Å². The van der Waals surface area contributed by atoms with E-state index in [9.17, 15) is 0 Å². The van der Waals surface area contributed by atoms with Crippen LogP contribution in [-0.4, -0.2) is 11.5 Å². The van der Waals surface area contributed by atoms with Gasteiger partial charge in [-0.15, -0.1) is 0 Å². The van der Waals surface area contributed by atoms with Crippen LogP contribution in [0.25, 0.3) is 0 Å². The Labute approximate surface area is 110 Å². The first-order valence-electron chi connectivity index (χ1n) is 7.38. The molecule has 3 rings (SSSR count). The molecule has 1 aliphatic heterocycles. The monoisotopic (exact) mass is 244 g/mol. The first-order valence-corrected chi connectivity index (χ1v) is 7.38. The standard InChI is InChI=1S/C16H24N2/c1-16(2)11-18-15-9-13(17-10-14(15)16)8-12-6-4-3-5-7-12/h9-10,12,18H,3-8,11H2,1-2H3. The third-order valence-corrected chi connectivity index (χ3v) is 4.63. The fraction of sp³-hybridized carbons (Fsp3) is 0.688. The Hall–Kier alpha value is -1.05. The van der Waals surface area contributed by atoms with E-state index in [1.165, 1.54) is 55.5 Å². The lowest BCUT2D eigenvalue weighted by molar-refractivity contribution is 0.354. The summed E-state index contributed by atoms with van der Waals surface area (Å²) in [6, 6.07) is 2.29. The van der Waals surface area contributed by atoms with Crippen molar-refractivity contribution in [1.82, 2.24) is 4.98 Å². The quantitative estimate of drug-likeness (QED) is 0.853. The van der Waals surface area contributed by atoms with Gasteiger partial charge in [0.2, 0.25) is 0 Å². The van der Waals surface area contributed by atoms with Crippen LogP contribution in [-0.2, 0) is 11.8 Å². The number of anilines is 1. The van der Waals surface area contributed by atoms with Gasteiger partial charge in [-0.2, -0.15) is 0 Å². The molecule has 18 heavy (non-hydrogen) atoms. The van der Waals surface area contributed by atoms with Crippen molar-refractivity contribution < 1.29 is 0 Å². The van der Waals surface area contributed by atoms with E-state index in [0.717, 1.165) is 12.5 Å². The molecule has 0 unspecified atom stereocenters. The van der Waals surface area contributed by atoms with Gasteiger partial charge in [0.15, 0.2) is 0 Å². The summed E-state index contributed by atoms with van der Waals surface area (Å²) < 4.78 is 0. The molecule has 1 aliphatic carbocycles. The molecule has 0 radical (unpaired) electrons. The first kappa shape index (κ1) is 12.0. The van der Waals surface area contributed by atoms with Gasteiger partial charge in [-0.05, 0) is 18.4 Å². The van der Waals surface area contributed by atoms with Crippen molar-refractivity contribution in [2.75, 3.05) is 11.9 Å². The highest BCUT2D eigenvalue weighted by molar-refractivity contribution is 5.59. The van der Waals surface area contributed by atoms with Gasteiger partial charge in [0.25, 0.3) is 0 Å². The Morgan fingerprint density at radius 3 is 2.83 bits per heavy atom. The van der Waals surface area contributed by atoms with Gasteiger partial charge in [0, 0.05) is 35.1 Å². The molecule has 2 heteroatoms. The molecule has 2 heterocycles. The molecule has 1 aromatic rings. The van der Waals surface area contributed by atoms with Crippen molar-refractivity contribution in [3.05, 3.63) is 23.5 Å². The second-order valence-corrected chi connectivity index (χ2v) is 6.67. The lowest BCUT2D eigenvalue weighted by Gasteiger charge is -2.21. The Bertz CT molecular complexity index is 431. The second-order valence-electron chi connectivity index (χ2n) is 6.67. The van der Waals surface area contributed by atoms with E-state index in [-0.39, 0.29) is 5.41 Å². The van der Waals surface area contributed by atoms with Crippen molar-refractivity contribution in [3.63, 3.8) is 0 Å². The predicted octanol–water partition coefficient (Wildman–Crippen LogP) is 3.91. The molecule has 0 atom stereocenters. The zero-order valence-corrected chi connectivity index (χ0v) is 11.6. The molecule has 1 aromatic heterocycles. The highest BCUT2D eigenvalue weighted by atomic mass is 14.9. The molecular formula is C16H24N2. The maximum atomic E-state index is 4.70. The lowest BCUT2D eigenvalue weighted by Crippen LogP contribution is -2.19. The van der Waals surface area contributed by atoms with Gasteiger partial charge in [0.05, 0.1) is 0 Å². The van der Waals surface area contributed by atoms with Crippen LogP contribution in [0.5, 0.6) is 0 Å². The molecule has 0 saturated heterocycles. The molecular weight excluding hydrogens is 220 g/mol. The minimum Gasteiger partial charge on any atom is -0.384 e. The molecule has 0 bridgehead atoms. The summed E-state index contributed by atoms with van der Waals surface area (Å²) in [5, 5.41) is 3.53. The van der Waals surface area contributed by atoms with Crippen LogP contribution < -0.4 is 5.32 Å². The molecule has 0 spiro atoms. The smallest absolute Gasteiger partial charge is 0.0427 e. The van der Waals surface area contributed by atoms with Crippen molar-refractivity contribution in [3.8, 4) is 0 Å². The molecule has 2 aliphatic rings. The fourth-order valence-electron chi connectivity index (χ4n) is 3.39. The topological polar surface area (TPSA) is 24.9 Å². The van der Waals surface area contributed by atoms with Gasteiger partial charge < -0.3 is 5.32 Å². The minimum atomic E-state index is 0.242. The summed E-state index contributed by atoms with van der Waals surface area (Å²) in [5.74, 6) is 0.874. The van der Waals surface area contributed by atoms with E-state index < -0.39 is 0 Å². The van der Waals surface area contributed by atoms with Gasteiger partial charge in [-0.1, -0.05) is 46.0 Å². The maximum Gasteiger partial charge on any atom is 0.0427 e. The van der Waals surface area contributed by atoms with E-state index in [1.54, 1.807) is 0 Å². The van der Waals surface area contributed by atoms with E-state index >= 15 is 0 Å². The van der Waals surface area contributed by atoms with E-state index in [4.69, 9.17) is 4.98 Å². The van der Waals surface area contributed by atoms with E-state index in [0.29, 0.717) is 0 Å². The zero-order valence-electron chi connectivity index (χ0n) is 11.6. The summed E-state index contributed by atoms with van der Waals surface area (Å²) >= 11 is 0. The molecule has 1 N–H and O–H groups in total. The van der Waals surface area contributed by atoms with E-state index in [2.05, 4.69) is 31.4 Å². The number of pyridine rings is 1. The third kappa shape index (κ3) is 2.25. The minimum absolute atomic E-state index is 0.242.